The summed E-state index contributed by atoms with van der Waals surface area (Å²) in [5.41, 5.74) is 0. The Hall–Kier alpha value is 0.360. The van der Waals surface area contributed by atoms with E-state index in [0.29, 0.717) is 6.61 Å². The quantitative estimate of drug-likeness (QED) is 0.327. The number of hydrogen-bond donors (Lipinski definition) is 1. The van der Waals surface area contributed by atoms with Crippen LogP contribution >= 0.6 is 27.9 Å². The summed E-state index contributed by atoms with van der Waals surface area (Å²) < 4.78 is 16.8. The molecule has 0 saturated heterocycles. The molecule has 0 aliphatic carbocycles. The Balaban J connectivity index is 4.08. The zero-order valence-electron chi connectivity index (χ0n) is 7.31. The number of rotatable bonds is 6. The predicted octanol–water partition coefficient (Wildman–Crippen LogP) is 2.39. The van der Waals surface area contributed by atoms with Gasteiger partial charge in [0.2, 0.25) is 0 Å². The molecule has 0 heterocycles. The number of hydrogen-bond acceptors (Lipinski definition) is 5. The molecular formula is C5H13N2O2PS2. The second-order valence-corrected chi connectivity index (χ2v) is 7.90. The second kappa shape index (κ2) is 6.83. The third-order valence-electron chi connectivity index (χ3n) is 0.817. The van der Waals surface area contributed by atoms with E-state index in [9.17, 15) is 4.57 Å². The Morgan fingerprint density at radius 2 is 2.42 bits per heavy atom. The fraction of sp³-hybridized carbons (Fsp3) is 0.800. The van der Waals surface area contributed by atoms with Gasteiger partial charge in [-0.15, -0.1) is 0 Å². The van der Waals surface area contributed by atoms with E-state index in [1.165, 1.54) is 27.5 Å². The minimum absolute atomic E-state index is 0.426. The maximum Gasteiger partial charge on any atom is 0.362 e. The van der Waals surface area contributed by atoms with E-state index < -0.39 is 6.72 Å². The number of aliphatic imine (C=N–C) groups is 1. The molecule has 0 aromatic rings. The average Bonchev–Trinajstić information content (AvgIpc) is 2.02. The molecule has 7 heteroatoms. The largest absolute Gasteiger partial charge is 0.362 e. The highest BCUT2D eigenvalue weighted by atomic mass is 33.3. The summed E-state index contributed by atoms with van der Waals surface area (Å²) >= 11 is 0. The zero-order chi connectivity index (χ0) is 9.45. The first-order chi connectivity index (χ1) is 5.68. The van der Waals surface area contributed by atoms with Crippen molar-refractivity contribution in [3.63, 3.8) is 0 Å². The fourth-order valence-electron chi connectivity index (χ4n) is 0.477. The molecule has 0 amide bonds. The highest BCUT2D eigenvalue weighted by Gasteiger charge is 2.21. The molecule has 1 atom stereocenters. The Morgan fingerprint density at radius 1 is 1.75 bits per heavy atom. The van der Waals surface area contributed by atoms with Gasteiger partial charge in [0.25, 0.3) is 0 Å². The second-order valence-electron chi connectivity index (χ2n) is 1.67. The van der Waals surface area contributed by atoms with Crippen LogP contribution in [0, 0.1) is 0 Å². The molecule has 0 aliphatic heterocycles. The maximum atomic E-state index is 11.7. The van der Waals surface area contributed by atoms with E-state index in [0.717, 1.165) is 0 Å². The monoisotopic (exact) mass is 228 g/mol. The Kier molecular flexibility index (Phi) is 7.04. The van der Waals surface area contributed by atoms with E-state index in [2.05, 4.69) is 10.1 Å². The molecule has 0 saturated carbocycles. The molecule has 0 aliphatic rings. The predicted molar refractivity (Wildman–Crippen MR) is 57.9 cm³/mol. The molecule has 0 aromatic heterocycles. The van der Waals surface area contributed by atoms with Crippen molar-refractivity contribution in [1.82, 2.24) is 5.09 Å². The number of nitrogens with zero attached hydrogens (tertiary/aromatic N) is 1. The molecule has 0 fully saturated rings. The van der Waals surface area contributed by atoms with Crippen LogP contribution in [0.1, 0.15) is 6.92 Å². The summed E-state index contributed by atoms with van der Waals surface area (Å²) in [5.74, 6) is 0. The average molecular weight is 228 g/mol. The summed E-state index contributed by atoms with van der Waals surface area (Å²) in [6.45, 7) is -0.526. The lowest BCUT2D eigenvalue weighted by Crippen LogP contribution is -2.07. The standard InChI is InChI=1S/C5H13N2O2PS2/c1-4-9-10(8,12-11-3)7-5-6-2/h5H,4H2,1-3H3,(H,6,7,8). The van der Waals surface area contributed by atoms with Crippen LogP contribution in [0.2, 0.25) is 0 Å². The van der Waals surface area contributed by atoms with Crippen LogP contribution in [0.4, 0.5) is 0 Å². The zero-order valence-corrected chi connectivity index (χ0v) is 9.84. The fourth-order valence-corrected chi connectivity index (χ4v) is 5.28. The maximum absolute atomic E-state index is 11.7. The molecule has 0 radical (unpaired) electrons. The van der Waals surface area contributed by atoms with Crippen LogP contribution in [-0.4, -0.2) is 26.2 Å². The minimum Gasteiger partial charge on any atom is -0.306 e. The topological polar surface area (TPSA) is 50.7 Å². The summed E-state index contributed by atoms with van der Waals surface area (Å²) in [7, 11) is 4.20. The summed E-state index contributed by atoms with van der Waals surface area (Å²) in [5, 5.41) is 2.63. The van der Waals surface area contributed by atoms with Crippen molar-refractivity contribution < 1.29 is 9.09 Å². The van der Waals surface area contributed by atoms with Gasteiger partial charge in [-0.25, -0.2) is 0 Å². The lowest BCUT2D eigenvalue weighted by atomic mass is 10.9. The highest BCUT2D eigenvalue weighted by Crippen LogP contribution is 2.60. The highest BCUT2D eigenvalue weighted by molar-refractivity contribution is 8.98. The molecule has 0 aromatic carbocycles. The molecule has 1 unspecified atom stereocenters. The lowest BCUT2D eigenvalue weighted by molar-refractivity contribution is 0.343. The van der Waals surface area contributed by atoms with Crippen LogP contribution in [0.15, 0.2) is 4.99 Å². The van der Waals surface area contributed by atoms with Crippen molar-refractivity contribution >= 4 is 34.3 Å². The van der Waals surface area contributed by atoms with Crippen LogP contribution in [0.25, 0.3) is 0 Å². The van der Waals surface area contributed by atoms with E-state index in [4.69, 9.17) is 4.52 Å². The molecule has 1 N–H and O–H groups in total. The van der Waals surface area contributed by atoms with Gasteiger partial charge in [0, 0.05) is 17.5 Å². The minimum atomic E-state index is -2.76. The van der Waals surface area contributed by atoms with Crippen molar-refractivity contribution in [2.24, 2.45) is 4.99 Å². The summed E-state index contributed by atoms with van der Waals surface area (Å²) in [6, 6.07) is 0. The summed E-state index contributed by atoms with van der Waals surface area (Å²) in [6.07, 6.45) is 3.24. The van der Waals surface area contributed by atoms with Gasteiger partial charge in [-0.05, 0) is 13.2 Å². The first kappa shape index (κ1) is 12.4. The van der Waals surface area contributed by atoms with Gasteiger partial charge in [-0.3, -0.25) is 14.6 Å². The van der Waals surface area contributed by atoms with Crippen LogP contribution in [0.3, 0.4) is 0 Å². The van der Waals surface area contributed by atoms with Gasteiger partial charge in [-0.2, -0.15) is 0 Å². The van der Waals surface area contributed by atoms with Crippen molar-refractivity contribution in [1.29, 1.82) is 0 Å². The molecule has 0 bridgehead atoms. The lowest BCUT2D eigenvalue weighted by Gasteiger charge is -2.13. The van der Waals surface area contributed by atoms with Crippen LogP contribution < -0.4 is 5.09 Å². The van der Waals surface area contributed by atoms with Crippen molar-refractivity contribution in [2.75, 3.05) is 19.9 Å². The van der Waals surface area contributed by atoms with Gasteiger partial charge >= 0.3 is 6.72 Å². The van der Waals surface area contributed by atoms with Crippen molar-refractivity contribution in [3.05, 3.63) is 0 Å². The van der Waals surface area contributed by atoms with E-state index >= 15 is 0 Å². The Bertz CT molecular complexity index is 178. The van der Waals surface area contributed by atoms with Crippen LogP contribution in [0.5, 0.6) is 0 Å². The van der Waals surface area contributed by atoms with Gasteiger partial charge in [0.1, 0.15) is 0 Å². The third kappa shape index (κ3) is 5.09. The van der Waals surface area contributed by atoms with Gasteiger partial charge in [0.15, 0.2) is 0 Å². The number of nitrogens with one attached hydrogen (secondary N) is 1. The molecular weight excluding hydrogens is 215 g/mol. The van der Waals surface area contributed by atoms with Gasteiger partial charge in [0.05, 0.1) is 12.9 Å². The van der Waals surface area contributed by atoms with E-state index in [1.807, 2.05) is 6.26 Å². The van der Waals surface area contributed by atoms with E-state index in [1.54, 1.807) is 14.0 Å². The van der Waals surface area contributed by atoms with Crippen molar-refractivity contribution in [3.8, 4) is 0 Å². The Labute approximate surface area is 80.6 Å². The first-order valence-electron chi connectivity index (χ1n) is 3.34. The normalized spacial score (nSPS) is 16.2. The van der Waals surface area contributed by atoms with E-state index in [-0.39, 0.29) is 0 Å². The first-order valence-corrected chi connectivity index (χ1v) is 8.12. The smallest absolute Gasteiger partial charge is 0.306 e. The SMILES string of the molecule is CCOP(=O)(NC=NC)SSC. The molecule has 72 valence electrons. The van der Waals surface area contributed by atoms with Crippen molar-refractivity contribution in [2.45, 2.75) is 6.92 Å². The molecule has 12 heavy (non-hydrogen) atoms. The van der Waals surface area contributed by atoms with Gasteiger partial charge in [-0.1, -0.05) is 10.8 Å². The molecule has 4 nitrogen and oxygen atoms in total. The van der Waals surface area contributed by atoms with Crippen LogP contribution in [-0.2, 0) is 9.09 Å². The summed E-state index contributed by atoms with van der Waals surface area (Å²) in [4.78, 5) is 3.67. The third-order valence-corrected chi connectivity index (χ3v) is 6.97. The molecule has 0 rings (SSSR count). The van der Waals surface area contributed by atoms with Gasteiger partial charge < -0.3 is 4.52 Å². The Morgan fingerprint density at radius 3 is 2.83 bits per heavy atom. The molecule has 0 spiro atoms.